The van der Waals surface area contributed by atoms with Crippen molar-refractivity contribution in [3.05, 3.63) is 35.4 Å². The third kappa shape index (κ3) is 4.12. The molecule has 3 nitrogen and oxygen atoms in total. The first-order chi connectivity index (χ1) is 5.24. The second-order valence-corrected chi connectivity index (χ2v) is 2.31. The number of benzene rings is 1. The molecule has 0 aromatic heterocycles. The van der Waals surface area contributed by atoms with E-state index in [2.05, 4.69) is 0 Å². The molecule has 5 N–H and O–H groups in total. The maximum absolute atomic E-state index is 7.11. The molecule has 13 heavy (non-hydrogen) atoms. The zero-order chi connectivity index (χ0) is 8.27. The van der Waals surface area contributed by atoms with Crippen molar-refractivity contribution in [2.24, 2.45) is 11.5 Å². The van der Waals surface area contributed by atoms with Gasteiger partial charge in [-0.3, -0.25) is 5.41 Å². The fourth-order valence-corrected chi connectivity index (χ4v) is 0.820. The number of nitrogens with one attached hydrogen (secondary N) is 1. The summed E-state index contributed by atoms with van der Waals surface area (Å²) in [4.78, 5) is 0. The summed E-state index contributed by atoms with van der Waals surface area (Å²) in [5, 5.41) is 7.11. The molecular formula is C8H13Cl2N3. The van der Waals surface area contributed by atoms with Gasteiger partial charge in [-0.15, -0.1) is 24.8 Å². The summed E-state index contributed by atoms with van der Waals surface area (Å²) in [5.41, 5.74) is 12.4. The third-order valence-electron chi connectivity index (χ3n) is 1.50. The Bertz CT molecular complexity index is 259. The van der Waals surface area contributed by atoms with Crippen LogP contribution in [0.5, 0.6) is 0 Å². The van der Waals surface area contributed by atoms with Crippen molar-refractivity contribution >= 4 is 30.6 Å². The molecule has 0 saturated carbocycles. The van der Waals surface area contributed by atoms with Crippen molar-refractivity contribution in [1.82, 2.24) is 0 Å². The monoisotopic (exact) mass is 221 g/mol. The van der Waals surface area contributed by atoms with Crippen LogP contribution < -0.4 is 11.5 Å². The topological polar surface area (TPSA) is 75.9 Å². The summed E-state index contributed by atoms with van der Waals surface area (Å²) in [5.74, 6) is 0.0913. The van der Waals surface area contributed by atoms with Crippen LogP contribution in [0.25, 0.3) is 0 Å². The molecule has 0 fully saturated rings. The molecule has 1 rings (SSSR count). The SMILES string of the molecule is Cl.Cl.N=C(N)c1ccc(CN)cc1. The minimum Gasteiger partial charge on any atom is -0.384 e. The molecule has 74 valence electrons. The van der Waals surface area contributed by atoms with Crippen LogP contribution in [0, 0.1) is 5.41 Å². The number of amidine groups is 1. The van der Waals surface area contributed by atoms with Gasteiger partial charge in [-0.25, -0.2) is 0 Å². The molecule has 1 aromatic rings. The average Bonchev–Trinajstić information content (AvgIpc) is 2.05. The molecule has 0 amide bonds. The van der Waals surface area contributed by atoms with Crippen LogP contribution >= 0.6 is 24.8 Å². The van der Waals surface area contributed by atoms with E-state index in [1.165, 1.54) is 0 Å². The van der Waals surface area contributed by atoms with Gasteiger partial charge in [0.05, 0.1) is 0 Å². The molecule has 0 saturated heterocycles. The summed E-state index contributed by atoms with van der Waals surface area (Å²) in [6, 6.07) is 7.34. The third-order valence-corrected chi connectivity index (χ3v) is 1.50. The van der Waals surface area contributed by atoms with Crippen molar-refractivity contribution < 1.29 is 0 Å². The molecule has 5 heteroatoms. The molecule has 0 aliphatic rings. The maximum Gasteiger partial charge on any atom is 0.122 e. The predicted octanol–water partition coefficient (Wildman–Crippen LogP) is 1.27. The molecule has 0 aliphatic heterocycles. The Kier molecular flexibility index (Phi) is 7.61. The highest BCUT2D eigenvalue weighted by molar-refractivity contribution is 5.94. The lowest BCUT2D eigenvalue weighted by Crippen LogP contribution is -2.10. The van der Waals surface area contributed by atoms with Crippen LogP contribution in [-0.4, -0.2) is 5.84 Å². The predicted molar refractivity (Wildman–Crippen MR) is 59.8 cm³/mol. The standard InChI is InChI=1S/C8H11N3.2ClH/c9-5-6-1-3-7(4-2-6)8(10)11;;/h1-4H,5,9H2,(H3,10,11);2*1H. The van der Waals surface area contributed by atoms with Gasteiger partial charge in [0.25, 0.3) is 0 Å². The van der Waals surface area contributed by atoms with E-state index in [4.69, 9.17) is 16.9 Å². The van der Waals surface area contributed by atoms with Crippen molar-refractivity contribution in [2.45, 2.75) is 6.54 Å². The Morgan fingerprint density at radius 3 is 1.92 bits per heavy atom. The molecular weight excluding hydrogens is 209 g/mol. The van der Waals surface area contributed by atoms with Crippen LogP contribution in [0.2, 0.25) is 0 Å². The first kappa shape index (κ1) is 14.7. The summed E-state index contributed by atoms with van der Waals surface area (Å²) in [6.07, 6.45) is 0. The maximum atomic E-state index is 7.11. The summed E-state index contributed by atoms with van der Waals surface area (Å²) in [7, 11) is 0. The number of nitrogen functional groups attached to an aromatic ring is 1. The average molecular weight is 222 g/mol. The van der Waals surface area contributed by atoms with Gasteiger partial charge in [0.1, 0.15) is 5.84 Å². The van der Waals surface area contributed by atoms with Crippen molar-refractivity contribution in [3.8, 4) is 0 Å². The minimum absolute atomic E-state index is 0. The number of rotatable bonds is 2. The highest BCUT2D eigenvalue weighted by Crippen LogP contribution is 2.01. The van der Waals surface area contributed by atoms with E-state index >= 15 is 0 Å². The smallest absolute Gasteiger partial charge is 0.122 e. The largest absolute Gasteiger partial charge is 0.384 e. The van der Waals surface area contributed by atoms with Gasteiger partial charge in [0.15, 0.2) is 0 Å². The summed E-state index contributed by atoms with van der Waals surface area (Å²) >= 11 is 0. The van der Waals surface area contributed by atoms with E-state index in [0.717, 1.165) is 11.1 Å². The van der Waals surface area contributed by atoms with Gasteiger partial charge >= 0.3 is 0 Å². The molecule has 0 aliphatic carbocycles. The minimum atomic E-state index is 0. The lowest BCUT2D eigenvalue weighted by atomic mass is 10.1. The van der Waals surface area contributed by atoms with E-state index < -0.39 is 0 Å². The highest BCUT2D eigenvalue weighted by atomic mass is 35.5. The second kappa shape index (κ2) is 6.71. The Labute approximate surface area is 89.8 Å². The molecule has 0 heterocycles. The Balaban J connectivity index is 0. The zero-order valence-electron chi connectivity index (χ0n) is 6.99. The van der Waals surface area contributed by atoms with Crippen molar-refractivity contribution in [3.63, 3.8) is 0 Å². The van der Waals surface area contributed by atoms with E-state index in [1.807, 2.05) is 12.1 Å². The second-order valence-electron chi connectivity index (χ2n) is 2.31. The molecule has 0 unspecified atom stereocenters. The highest BCUT2D eigenvalue weighted by Gasteiger charge is 1.94. The number of nitrogens with two attached hydrogens (primary N) is 2. The lowest BCUT2D eigenvalue weighted by Gasteiger charge is -1.98. The van der Waals surface area contributed by atoms with E-state index in [0.29, 0.717) is 6.54 Å². The fraction of sp³-hybridized carbons (Fsp3) is 0.125. The quantitative estimate of drug-likeness (QED) is 0.520. The van der Waals surface area contributed by atoms with Crippen LogP contribution in [0.15, 0.2) is 24.3 Å². The van der Waals surface area contributed by atoms with Gasteiger partial charge < -0.3 is 11.5 Å². The van der Waals surface area contributed by atoms with Gasteiger partial charge in [0.2, 0.25) is 0 Å². The van der Waals surface area contributed by atoms with Gasteiger partial charge in [-0.2, -0.15) is 0 Å². The van der Waals surface area contributed by atoms with Crippen LogP contribution in [0.1, 0.15) is 11.1 Å². The molecule has 0 spiro atoms. The number of hydrogen-bond donors (Lipinski definition) is 3. The molecule has 0 radical (unpaired) electrons. The molecule has 1 aromatic carbocycles. The number of hydrogen-bond acceptors (Lipinski definition) is 2. The molecule has 0 bridgehead atoms. The van der Waals surface area contributed by atoms with E-state index in [-0.39, 0.29) is 30.6 Å². The lowest BCUT2D eigenvalue weighted by molar-refractivity contribution is 1.07. The Hall–Kier alpha value is -0.770. The zero-order valence-corrected chi connectivity index (χ0v) is 8.62. The van der Waals surface area contributed by atoms with E-state index in [9.17, 15) is 0 Å². The Morgan fingerprint density at radius 1 is 1.15 bits per heavy atom. The first-order valence-corrected chi connectivity index (χ1v) is 3.37. The van der Waals surface area contributed by atoms with Crippen LogP contribution in [0.3, 0.4) is 0 Å². The summed E-state index contributed by atoms with van der Waals surface area (Å²) < 4.78 is 0. The molecule has 0 atom stereocenters. The summed E-state index contributed by atoms with van der Waals surface area (Å²) in [6.45, 7) is 0.526. The van der Waals surface area contributed by atoms with Crippen molar-refractivity contribution in [1.29, 1.82) is 5.41 Å². The van der Waals surface area contributed by atoms with Gasteiger partial charge in [0, 0.05) is 12.1 Å². The first-order valence-electron chi connectivity index (χ1n) is 3.37. The van der Waals surface area contributed by atoms with Crippen LogP contribution in [-0.2, 0) is 6.54 Å². The number of halogens is 2. The fourth-order valence-electron chi connectivity index (χ4n) is 0.820. The van der Waals surface area contributed by atoms with Crippen LogP contribution in [0.4, 0.5) is 0 Å². The normalized spacial score (nSPS) is 8.08. The Morgan fingerprint density at radius 2 is 1.62 bits per heavy atom. The van der Waals surface area contributed by atoms with Crippen molar-refractivity contribution in [2.75, 3.05) is 0 Å². The van der Waals surface area contributed by atoms with E-state index in [1.54, 1.807) is 12.1 Å². The van der Waals surface area contributed by atoms with Gasteiger partial charge in [-0.05, 0) is 5.56 Å². The van der Waals surface area contributed by atoms with Gasteiger partial charge in [-0.1, -0.05) is 24.3 Å².